The van der Waals surface area contributed by atoms with Gasteiger partial charge < -0.3 is 49.7 Å². The van der Waals surface area contributed by atoms with Crippen LogP contribution in [0.5, 0.6) is 0 Å². The molecule has 196 valence electrons. The molecule has 3 unspecified atom stereocenters. The Bertz CT molecular complexity index is 671. The second-order valence-corrected chi connectivity index (χ2v) is 7.86. The number of nitrogens with one attached hydrogen (secondary N) is 3. The maximum absolute atomic E-state index is 12.6. The molecule has 0 bridgehead atoms. The summed E-state index contributed by atoms with van der Waals surface area (Å²) in [6.07, 6.45) is 3.71. The normalized spacial score (nSPS) is 13.3. The zero-order chi connectivity index (χ0) is 25.9. The van der Waals surface area contributed by atoms with Crippen LogP contribution in [0.25, 0.3) is 0 Å². The maximum atomic E-state index is 12.6. The van der Waals surface area contributed by atoms with Crippen LogP contribution < -0.4 is 44.6 Å². The van der Waals surface area contributed by atoms with Crippen molar-refractivity contribution in [3.63, 3.8) is 0 Å². The van der Waals surface area contributed by atoms with E-state index in [4.69, 9.17) is 28.7 Å². The van der Waals surface area contributed by atoms with Gasteiger partial charge in [-0.05, 0) is 64.5 Å². The van der Waals surface area contributed by atoms with Crippen LogP contribution in [0.1, 0.15) is 51.4 Å². The fourth-order valence-electron chi connectivity index (χ4n) is 2.98. The van der Waals surface area contributed by atoms with E-state index in [0.717, 1.165) is 0 Å². The molecule has 0 saturated heterocycles. The summed E-state index contributed by atoms with van der Waals surface area (Å²) >= 11 is 0. The first kappa shape index (κ1) is 31.0. The van der Waals surface area contributed by atoms with Gasteiger partial charge in [-0.2, -0.15) is 0 Å². The third kappa shape index (κ3) is 15.0. The molecule has 3 atom stereocenters. The Balaban J connectivity index is 4.79. The van der Waals surface area contributed by atoms with E-state index in [1.807, 2.05) is 0 Å². The first-order valence-corrected chi connectivity index (χ1v) is 11.4. The minimum absolute atomic E-state index is 0.0519. The highest BCUT2D eigenvalue weighted by atomic mass is 16.4. The molecule has 14 nitrogen and oxygen atoms in total. The van der Waals surface area contributed by atoms with E-state index >= 15 is 0 Å². The van der Waals surface area contributed by atoms with E-state index in [0.29, 0.717) is 64.6 Å². The van der Waals surface area contributed by atoms with Crippen LogP contribution in [0.15, 0.2) is 4.99 Å². The SMILES string of the molecule is NCCCCC(NC(=O)CNC(=O)C(CCCCN)NC(=O)C(N)CCCN=C(N)N)C(=O)O. The van der Waals surface area contributed by atoms with Gasteiger partial charge in [0.1, 0.15) is 12.1 Å². The fourth-order valence-corrected chi connectivity index (χ4v) is 2.98. The number of carboxylic acids is 1. The second kappa shape index (κ2) is 18.5. The Labute approximate surface area is 199 Å². The predicted molar refractivity (Wildman–Crippen MR) is 128 cm³/mol. The number of nitrogens with two attached hydrogens (primary N) is 5. The Hall–Kier alpha value is -2.97. The van der Waals surface area contributed by atoms with E-state index < -0.39 is 48.4 Å². The van der Waals surface area contributed by atoms with E-state index in [2.05, 4.69) is 20.9 Å². The second-order valence-electron chi connectivity index (χ2n) is 7.86. The van der Waals surface area contributed by atoms with Crippen molar-refractivity contribution in [2.45, 2.75) is 69.5 Å². The van der Waals surface area contributed by atoms with Crippen LogP contribution in [0.4, 0.5) is 0 Å². The molecule has 0 aliphatic heterocycles. The van der Waals surface area contributed by atoms with Gasteiger partial charge in [-0.3, -0.25) is 19.4 Å². The molecule has 0 aliphatic carbocycles. The lowest BCUT2D eigenvalue weighted by Crippen LogP contribution is -2.53. The number of unbranched alkanes of at least 4 members (excludes halogenated alkanes) is 2. The van der Waals surface area contributed by atoms with Gasteiger partial charge in [0.25, 0.3) is 0 Å². The topological polar surface area (TPSA) is 267 Å². The average Bonchev–Trinajstić information content (AvgIpc) is 2.78. The zero-order valence-electron chi connectivity index (χ0n) is 19.6. The minimum atomic E-state index is -1.17. The van der Waals surface area contributed by atoms with E-state index in [1.165, 1.54) is 0 Å². The van der Waals surface area contributed by atoms with Gasteiger partial charge in [-0.1, -0.05) is 0 Å². The number of aliphatic carboxylic acids is 1. The number of aliphatic imine (C=N–C) groups is 1. The highest BCUT2D eigenvalue weighted by Gasteiger charge is 2.25. The third-order valence-electron chi connectivity index (χ3n) is 4.89. The molecule has 14 N–H and O–H groups in total. The van der Waals surface area contributed by atoms with Gasteiger partial charge in [0.15, 0.2) is 5.96 Å². The Morgan fingerprint density at radius 1 is 0.794 bits per heavy atom. The lowest BCUT2D eigenvalue weighted by Gasteiger charge is -2.21. The van der Waals surface area contributed by atoms with Gasteiger partial charge in [-0.15, -0.1) is 0 Å². The number of hydrogen-bond acceptors (Lipinski definition) is 8. The molecule has 0 heterocycles. The fraction of sp³-hybridized carbons (Fsp3) is 0.750. The molecule has 34 heavy (non-hydrogen) atoms. The quantitative estimate of drug-likeness (QED) is 0.0500. The lowest BCUT2D eigenvalue weighted by molar-refractivity contribution is -0.142. The van der Waals surface area contributed by atoms with E-state index in [-0.39, 0.29) is 12.4 Å². The summed E-state index contributed by atoms with van der Waals surface area (Å²) in [5.74, 6) is -2.98. The summed E-state index contributed by atoms with van der Waals surface area (Å²) in [4.78, 5) is 52.3. The van der Waals surface area contributed by atoms with Crippen molar-refractivity contribution in [1.29, 1.82) is 0 Å². The third-order valence-corrected chi connectivity index (χ3v) is 4.89. The summed E-state index contributed by atoms with van der Waals surface area (Å²) in [6, 6.07) is -2.87. The number of carbonyl (C=O) groups is 4. The van der Waals surface area contributed by atoms with Gasteiger partial charge in [0.05, 0.1) is 12.6 Å². The van der Waals surface area contributed by atoms with Gasteiger partial charge >= 0.3 is 5.97 Å². The number of amides is 3. The van der Waals surface area contributed by atoms with Crippen molar-refractivity contribution in [3.8, 4) is 0 Å². The first-order valence-electron chi connectivity index (χ1n) is 11.4. The lowest BCUT2D eigenvalue weighted by atomic mass is 10.1. The molecule has 0 aliphatic rings. The first-order chi connectivity index (χ1) is 16.1. The molecule has 14 heteroatoms. The van der Waals surface area contributed by atoms with Crippen molar-refractivity contribution in [3.05, 3.63) is 0 Å². The van der Waals surface area contributed by atoms with Crippen molar-refractivity contribution in [2.24, 2.45) is 33.7 Å². The number of carbonyl (C=O) groups excluding carboxylic acids is 3. The van der Waals surface area contributed by atoms with Crippen LogP contribution in [0.3, 0.4) is 0 Å². The van der Waals surface area contributed by atoms with Crippen molar-refractivity contribution in [1.82, 2.24) is 16.0 Å². The van der Waals surface area contributed by atoms with Crippen LogP contribution in [-0.2, 0) is 19.2 Å². The monoisotopic (exact) mass is 487 g/mol. The average molecular weight is 488 g/mol. The summed E-state index contributed by atoms with van der Waals surface area (Å²) in [5, 5.41) is 16.6. The van der Waals surface area contributed by atoms with Crippen LogP contribution in [0, 0.1) is 0 Å². The molecule has 0 saturated carbocycles. The Kier molecular flexibility index (Phi) is 16.8. The van der Waals surface area contributed by atoms with Crippen molar-refractivity contribution < 1.29 is 24.3 Å². The molecule has 0 spiro atoms. The Morgan fingerprint density at radius 2 is 1.38 bits per heavy atom. The smallest absolute Gasteiger partial charge is 0.326 e. The highest BCUT2D eigenvalue weighted by molar-refractivity contribution is 5.92. The molecule has 3 amide bonds. The number of nitrogens with zero attached hydrogens (tertiary/aromatic N) is 1. The minimum Gasteiger partial charge on any atom is -0.480 e. The summed E-state index contributed by atoms with van der Waals surface area (Å²) in [5.41, 5.74) is 27.3. The molecule has 0 aromatic carbocycles. The largest absolute Gasteiger partial charge is 0.480 e. The molecule has 0 radical (unpaired) electrons. The molecular formula is C20H41N9O5. The molecule has 0 fully saturated rings. The van der Waals surface area contributed by atoms with E-state index in [9.17, 15) is 24.3 Å². The van der Waals surface area contributed by atoms with Gasteiger partial charge in [0, 0.05) is 6.54 Å². The van der Waals surface area contributed by atoms with E-state index in [1.54, 1.807) is 0 Å². The summed E-state index contributed by atoms with van der Waals surface area (Å²) in [6.45, 7) is 0.735. The maximum Gasteiger partial charge on any atom is 0.326 e. The highest BCUT2D eigenvalue weighted by Crippen LogP contribution is 2.04. The molecular weight excluding hydrogens is 446 g/mol. The predicted octanol–water partition coefficient (Wildman–Crippen LogP) is -3.20. The molecule has 0 aromatic rings. The zero-order valence-corrected chi connectivity index (χ0v) is 19.6. The molecule has 0 rings (SSSR count). The number of carboxylic acid groups (broad SMARTS) is 1. The van der Waals surface area contributed by atoms with Crippen molar-refractivity contribution >= 4 is 29.7 Å². The van der Waals surface area contributed by atoms with Crippen LogP contribution in [-0.4, -0.2) is 79.1 Å². The van der Waals surface area contributed by atoms with Gasteiger partial charge in [-0.25, -0.2) is 4.79 Å². The van der Waals surface area contributed by atoms with Crippen LogP contribution >= 0.6 is 0 Å². The molecule has 0 aromatic heterocycles. The van der Waals surface area contributed by atoms with Crippen molar-refractivity contribution in [2.75, 3.05) is 26.2 Å². The number of hydrogen-bond donors (Lipinski definition) is 9. The van der Waals surface area contributed by atoms with Crippen LogP contribution in [0.2, 0.25) is 0 Å². The number of rotatable bonds is 19. The summed E-state index contributed by atoms with van der Waals surface area (Å²) in [7, 11) is 0. The Morgan fingerprint density at radius 3 is 1.91 bits per heavy atom. The standard InChI is InChI=1S/C20H41N9O5/c21-9-3-1-7-14(29-17(31)13(23)6-5-11-26-20(24)25)18(32)27-12-16(30)28-15(19(33)34)8-2-4-10-22/h13-15H,1-12,21-23H2,(H,27,32)(H,28,30)(H,29,31)(H,33,34)(H4,24,25,26). The van der Waals surface area contributed by atoms with Gasteiger partial charge in [0.2, 0.25) is 17.7 Å². The summed E-state index contributed by atoms with van der Waals surface area (Å²) < 4.78 is 0. The number of guanidine groups is 1.